The number of rotatable bonds is 4. The van der Waals surface area contributed by atoms with Gasteiger partial charge in [-0.25, -0.2) is 0 Å². The molecule has 4 nitrogen and oxygen atoms in total. The number of benzene rings is 3. The van der Waals surface area contributed by atoms with Gasteiger partial charge in [-0.3, -0.25) is 0 Å². The SMILES string of the molecule is Cc1cc(Oc2ccc(O)cc2)c(C)c(C)c1Oc1ccc(O)cc1. The number of aryl methyl sites for hydroxylation is 1. The highest BCUT2D eigenvalue weighted by Gasteiger charge is 2.14. The fraction of sp³-hybridized carbons (Fsp3) is 0.143. The van der Waals surface area contributed by atoms with Crippen molar-refractivity contribution in [1.82, 2.24) is 0 Å². The maximum absolute atomic E-state index is 9.38. The van der Waals surface area contributed by atoms with Crippen molar-refractivity contribution in [3.8, 4) is 34.5 Å². The van der Waals surface area contributed by atoms with E-state index in [0.29, 0.717) is 11.5 Å². The number of aromatic hydroxyl groups is 2. The molecule has 25 heavy (non-hydrogen) atoms. The van der Waals surface area contributed by atoms with Crippen LogP contribution in [0.3, 0.4) is 0 Å². The molecule has 0 saturated heterocycles. The molecule has 0 aliphatic heterocycles. The van der Waals surface area contributed by atoms with Gasteiger partial charge < -0.3 is 19.7 Å². The second kappa shape index (κ2) is 6.77. The first-order valence-electron chi connectivity index (χ1n) is 7.98. The predicted molar refractivity (Wildman–Crippen MR) is 97.0 cm³/mol. The summed E-state index contributed by atoms with van der Waals surface area (Å²) >= 11 is 0. The molecule has 0 aliphatic rings. The highest BCUT2D eigenvalue weighted by molar-refractivity contribution is 5.54. The fourth-order valence-electron chi connectivity index (χ4n) is 2.56. The normalized spacial score (nSPS) is 10.5. The lowest BCUT2D eigenvalue weighted by atomic mass is 10.0. The van der Waals surface area contributed by atoms with Crippen LogP contribution in [0.5, 0.6) is 34.5 Å². The van der Waals surface area contributed by atoms with Crippen LogP contribution in [0, 0.1) is 20.8 Å². The van der Waals surface area contributed by atoms with Gasteiger partial charge in [0.25, 0.3) is 0 Å². The first kappa shape index (κ1) is 16.7. The lowest BCUT2D eigenvalue weighted by Gasteiger charge is -2.17. The molecule has 4 heteroatoms. The van der Waals surface area contributed by atoms with Gasteiger partial charge in [-0.05, 0) is 92.1 Å². The quantitative estimate of drug-likeness (QED) is 0.650. The van der Waals surface area contributed by atoms with E-state index in [-0.39, 0.29) is 11.5 Å². The molecule has 3 rings (SSSR count). The average Bonchev–Trinajstić information content (AvgIpc) is 2.60. The highest BCUT2D eigenvalue weighted by atomic mass is 16.5. The van der Waals surface area contributed by atoms with Gasteiger partial charge in [-0.15, -0.1) is 0 Å². The molecular formula is C21H20O4. The van der Waals surface area contributed by atoms with Gasteiger partial charge in [0.05, 0.1) is 0 Å². The standard InChI is InChI=1S/C21H20O4/c1-13-12-20(24-18-8-4-16(22)5-9-18)14(2)15(3)21(13)25-19-10-6-17(23)7-11-19/h4-12,22-23H,1-3H3. The Kier molecular flexibility index (Phi) is 4.52. The number of hydrogen-bond donors (Lipinski definition) is 2. The van der Waals surface area contributed by atoms with E-state index < -0.39 is 0 Å². The van der Waals surface area contributed by atoms with Gasteiger partial charge in [-0.1, -0.05) is 0 Å². The lowest BCUT2D eigenvalue weighted by Crippen LogP contribution is -1.97. The minimum absolute atomic E-state index is 0.203. The number of hydrogen-bond acceptors (Lipinski definition) is 4. The summed E-state index contributed by atoms with van der Waals surface area (Å²) in [5.74, 6) is 3.26. The Morgan fingerprint density at radius 2 is 1.12 bits per heavy atom. The Labute approximate surface area is 146 Å². The van der Waals surface area contributed by atoms with E-state index in [1.807, 2.05) is 26.8 Å². The Morgan fingerprint density at radius 3 is 1.64 bits per heavy atom. The van der Waals surface area contributed by atoms with Gasteiger partial charge in [-0.2, -0.15) is 0 Å². The molecule has 0 unspecified atom stereocenters. The second-order valence-corrected chi connectivity index (χ2v) is 5.96. The van der Waals surface area contributed by atoms with Crippen LogP contribution >= 0.6 is 0 Å². The Hall–Kier alpha value is -3.14. The van der Waals surface area contributed by atoms with E-state index in [2.05, 4.69) is 0 Å². The molecule has 0 aliphatic carbocycles. The van der Waals surface area contributed by atoms with Gasteiger partial charge >= 0.3 is 0 Å². The summed E-state index contributed by atoms with van der Waals surface area (Å²) in [6, 6.07) is 15.2. The van der Waals surface area contributed by atoms with E-state index in [0.717, 1.165) is 28.2 Å². The summed E-state index contributed by atoms with van der Waals surface area (Å²) in [5, 5.41) is 18.8. The van der Waals surface area contributed by atoms with Crippen molar-refractivity contribution in [1.29, 1.82) is 0 Å². The number of phenolic OH excluding ortho intramolecular Hbond substituents is 2. The summed E-state index contributed by atoms with van der Waals surface area (Å²) in [5.41, 5.74) is 2.92. The maximum Gasteiger partial charge on any atom is 0.133 e. The molecule has 2 N–H and O–H groups in total. The molecule has 0 fully saturated rings. The third-order valence-electron chi connectivity index (χ3n) is 4.10. The predicted octanol–water partition coefficient (Wildman–Crippen LogP) is 5.61. The van der Waals surface area contributed by atoms with Gasteiger partial charge in [0.15, 0.2) is 0 Å². The molecule has 0 bridgehead atoms. The van der Waals surface area contributed by atoms with Crippen LogP contribution in [-0.2, 0) is 0 Å². The smallest absolute Gasteiger partial charge is 0.133 e. The summed E-state index contributed by atoms with van der Waals surface area (Å²) in [7, 11) is 0. The van der Waals surface area contributed by atoms with Crippen molar-refractivity contribution in [2.45, 2.75) is 20.8 Å². The van der Waals surface area contributed by atoms with Gasteiger partial charge in [0.2, 0.25) is 0 Å². The zero-order valence-corrected chi connectivity index (χ0v) is 14.4. The van der Waals surface area contributed by atoms with E-state index in [1.165, 1.54) is 0 Å². The van der Waals surface area contributed by atoms with E-state index >= 15 is 0 Å². The first-order chi connectivity index (χ1) is 11.9. The molecule has 3 aromatic rings. The third-order valence-corrected chi connectivity index (χ3v) is 4.10. The molecule has 0 heterocycles. The van der Waals surface area contributed by atoms with Crippen molar-refractivity contribution >= 4 is 0 Å². The molecule has 0 atom stereocenters. The average molecular weight is 336 g/mol. The van der Waals surface area contributed by atoms with Crippen LogP contribution in [0.2, 0.25) is 0 Å². The third kappa shape index (κ3) is 3.69. The largest absolute Gasteiger partial charge is 0.508 e. The van der Waals surface area contributed by atoms with Crippen LogP contribution in [-0.4, -0.2) is 10.2 Å². The summed E-state index contributed by atoms with van der Waals surface area (Å²) < 4.78 is 11.9. The molecular weight excluding hydrogens is 316 g/mol. The van der Waals surface area contributed by atoms with E-state index in [4.69, 9.17) is 9.47 Å². The zero-order chi connectivity index (χ0) is 18.0. The Bertz CT molecular complexity index is 881. The second-order valence-electron chi connectivity index (χ2n) is 5.96. The van der Waals surface area contributed by atoms with Crippen LogP contribution < -0.4 is 9.47 Å². The summed E-state index contributed by atoms with van der Waals surface area (Å²) in [4.78, 5) is 0. The molecule has 0 saturated carbocycles. The van der Waals surface area contributed by atoms with Gasteiger partial charge in [0, 0.05) is 0 Å². The molecule has 0 amide bonds. The number of ether oxygens (including phenoxy) is 2. The molecule has 0 radical (unpaired) electrons. The Balaban J connectivity index is 1.90. The first-order valence-corrected chi connectivity index (χ1v) is 7.98. The fourth-order valence-corrected chi connectivity index (χ4v) is 2.56. The van der Waals surface area contributed by atoms with Crippen LogP contribution in [0.4, 0.5) is 0 Å². The minimum atomic E-state index is 0.203. The monoisotopic (exact) mass is 336 g/mol. The van der Waals surface area contributed by atoms with Crippen LogP contribution in [0.1, 0.15) is 16.7 Å². The van der Waals surface area contributed by atoms with Crippen LogP contribution in [0.15, 0.2) is 54.6 Å². The summed E-state index contributed by atoms with van der Waals surface area (Å²) in [6.07, 6.45) is 0. The minimum Gasteiger partial charge on any atom is -0.508 e. The van der Waals surface area contributed by atoms with Crippen molar-refractivity contribution < 1.29 is 19.7 Å². The van der Waals surface area contributed by atoms with E-state index in [1.54, 1.807) is 48.5 Å². The van der Waals surface area contributed by atoms with Crippen molar-refractivity contribution in [2.75, 3.05) is 0 Å². The molecule has 0 aromatic heterocycles. The molecule has 0 spiro atoms. The maximum atomic E-state index is 9.38. The Morgan fingerprint density at radius 1 is 0.640 bits per heavy atom. The van der Waals surface area contributed by atoms with Crippen molar-refractivity contribution in [3.05, 3.63) is 71.3 Å². The summed E-state index contributed by atoms with van der Waals surface area (Å²) in [6.45, 7) is 5.93. The zero-order valence-electron chi connectivity index (χ0n) is 14.4. The van der Waals surface area contributed by atoms with Crippen molar-refractivity contribution in [3.63, 3.8) is 0 Å². The topological polar surface area (TPSA) is 58.9 Å². The molecule has 128 valence electrons. The van der Waals surface area contributed by atoms with Crippen LogP contribution in [0.25, 0.3) is 0 Å². The molecule has 3 aromatic carbocycles. The highest BCUT2D eigenvalue weighted by Crippen LogP contribution is 2.38. The number of phenols is 2. The van der Waals surface area contributed by atoms with Gasteiger partial charge in [0.1, 0.15) is 34.5 Å². The van der Waals surface area contributed by atoms with Crippen molar-refractivity contribution in [2.24, 2.45) is 0 Å². The lowest BCUT2D eigenvalue weighted by molar-refractivity contribution is 0.452. The van der Waals surface area contributed by atoms with E-state index in [9.17, 15) is 10.2 Å².